The molecule has 0 unspecified atom stereocenters. The van der Waals surface area contributed by atoms with Crippen molar-refractivity contribution in [2.75, 3.05) is 13.1 Å². The molecule has 4 nitrogen and oxygen atoms in total. The average molecular weight is 350 g/mol. The molecule has 0 aliphatic heterocycles. The van der Waals surface area contributed by atoms with Gasteiger partial charge in [0.05, 0.1) is 10.7 Å². The summed E-state index contributed by atoms with van der Waals surface area (Å²) < 4.78 is 1.85. The molecule has 0 N–H and O–H groups in total. The van der Waals surface area contributed by atoms with Gasteiger partial charge in [0.2, 0.25) is 0 Å². The molecule has 0 aliphatic rings. The Hall–Kier alpha value is -1.55. The van der Waals surface area contributed by atoms with E-state index >= 15 is 0 Å². The van der Waals surface area contributed by atoms with E-state index in [9.17, 15) is 4.79 Å². The molecule has 0 fully saturated rings. The lowest BCUT2D eigenvalue weighted by Crippen LogP contribution is -2.38. The summed E-state index contributed by atoms with van der Waals surface area (Å²) in [7, 11) is 0. The quantitative estimate of drug-likeness (QED) is 0.726. The second-order valence-corrected chi connectivity index (χ2v) is 7.67. The fraction of sp³-hybridized carbons (Fsp3) is 0.579. The van der Waals surface area contributed by atoms with Gasteiger partial charge in [-0.3, -0.25) is 9.20 Å². The molecule has 0 saturated heterocycles. The fourth-order valence-electron chi connectivity index (χ4n) is 2.98. The molecule has 24 heavy (non-hydrogen) atoms. The molecule has 5 heteroatoms. The Kier molecular flexibility index (Phi) is 6.27. The summed E-state index contributed by atoms with van der Waals surface area (Å²) in [5.74, 6) is 0.894. The Morgan fingerprint density at radius 1 is 1.21 bits per heavy atom. The SMILES string of the molecule is CCCc1nc2ccc(Cl)cn2c1C(=O)N(CC(C)C)CC(C)C. The molecule has 0 spiro atoms. The van der Waals surface area contributed by atoms with Crippen LogP contribution in [0.2, 0.25) is 5.02 Å². The van der Waals surface area contributed by atoms with Crippen LogP contribution in [0.25, 0.3) is 5.65 Å². The zero-order chi connectivity index (χ0) is 17.9. The molecule has 2 rings (SSSR count). The Bertz CT molecular complexity index is 696. The van der Waals surface area contributed by atoms with Crippen molar-refractivity contribution in [2.45, 2.75) is 47.5 Å². The molecule has 132 valence electrons. The first-order valence-electron chi connectivity index (χ1n) is 8.79. The molecule has 1 amide bonds. The van der Waals surface area contributed by atoms with Crippen molar-refractivity contribution in [1.29, 1.82) is 0 Å². The maximum absolute atomic E-state index is 13.3. The third-order valence-electron chi connectivity index (χ3n) is 3.80. The summed E-state index contributed by atoms with van der Waals surface area (Å²) in [5.41, 5.74) is 2.30. The Balaban J connectivity index is 2.51. The summed E-state index contributed by atoms with van der Waals surface area (Å²) in [6.45, 7) is 12.1. The summed E-state index contributed by atoms with van der Waals surface area (Å²) in [6, 6.07) is 3.68. The Labute approximate surface area is 149 Å². The predicted octanol–water partition coefficient (Wildman–Crippen LogP) is 4.69. The van der Waals surface area contributed by atoms with E-state index in [4.69, 9.17) is 11.6 Å². The third-order valence-corrected chi connectivity index (χ3v) is 4.03. The van der Waals surface area contributed by atoms with E-state index < -0.39 is 0 Å². The van der Waals surface area contributed by atoms with Gasteiger partial charge in [-0.15, -0.1) is 0 Å². The Morgan fingerprint density at radius 3 is 2.38 bits per heavy atom. The zero-order valence-electron chi connectivity index (χ0n) is 15.3. The number of carbonyl (C=O) groups excluding carboxylic acids is 1. The highest BCUT2D eigenvalue weighted by Crippen LogP contribution is 2.20. The highest BCUT2D eigenvalue weighted by molar-refractivity contribution is 6.30. The fourth-order valence-corrected chi connectivity index (χ4v) is 3.14. The zero-order valence-corrected chi connectivity index (χ0v) is 16.1. The van der Waals surface area contributed by atoms with Gasteiger partial charge < -0.3 is 4.90 Å². The van der Waals surface area contributed by atoms with Crippen molar-refractivity contribution in [1.82, 2.24) is 14.3 Å². The van der Waals surface area contributed by atoms with Crippen LogP contribution in [-0.2, 0) is 6.42 Å². The number of hydrogen-bond acceptors (Lipinski definition) is 2. The topological polar surface area (TPSA) is 37.6 Å². The van der Waals surface area contributed by atoms with Crippen LogP contribution in [0.5, 0.6) is 0 Å². The number of fused-ring (bicyclic) bond motifs is 1. The van der Waals surface area contributed by atoms with Crippen molar-refractivity contribution < 1.29 is 4.79 Å². The van der Waals surface area contributed by atoms with Crippen LogP contribution in [0, 0.1) is 11.8 Å². The van der Waals surface area contributed by atoms with E-state index in [2.05, 4.69) is 39.6 Å². The maximum atomic E-state index is 13.3. The van der Waals surface area contributed by atoms with E-state index in [0.717, 1.165) is 37.3 Å². The summed E-state index contributed by atoms with van der Waals surface area (Å²) in [5, 5.41) is 0.608. The first-order chi connectivity index (χ1) is 11.3. The lowest BCUT2D eigenvalue weighted by molar-refractivity contribution is 0.0707. The monoisotopic (exact) mass is 349 g/mol. The standard InChI is InChI=1S/C19H28ClN3O/c1-6-7-16-18(23-12-15(20)8-9-17(23)21-16)19(24)22(10-13(2)3)11-14(4)5/h8-9,12-14H,6-7,10-11H2,1-5H3. The van der Waals surface area contributed by atoms with E-state index in [1.165, 1.54) is 0 Å². The van der Waals surface area contributed by atoms with Gasteiger partial charge in [-0.2, -0.15) is 0 Å². The van der Waals surface area contributed by atoms with E-state index in [1.807, 2.05) is 21.4 Å². The number of aromatic nitrogens is 2. The highest BCUT2D eigenvalue weighted by Gasteiger charge is 2.25. The molecule has 0 bridgehead atoms. The molecule has 0 atom stereocenters. The highest BCUT2D eigenvalue weighted by atomic mass is 35.5. The van der Waals surface area contributed by atoms with Crippen molar-refractivity contribution in [3.63, 3.8) is 0 Å². The molecule has 2 aromatic heterocycles. The minimum absolute atomic E-state index is 0.0515. The summed E-state index contributed by atoms with van der Waals surface area (Å²) >= 11 is 6.16. The first kappa shape index (κ1) is 18.8. The minimum Gasteiger partial charge on any atom is -0.337 e. The number of nitrogens with zero attached hydrogens (tertiary/aromatic N) is 3. The third kappa shape index (κ3) is 4.29. The van der Waals surface area contributed by atoms with Gasteiger partial charge in [-0.25, -0.2) is 4.98 Å². The van der Waals surface area contributed by atoms with Gasteiger partial charge in [-0.1, -0.05) is 52.6 Å². The summed E-state index contributed by atoms with van der Waals surface area (Å²) in [4.78, 5) is 19.9. The van der Waals surface area contributed by atoms with Crippen molar-refractivity contribution in [3.8, 4) is 0 Å². The van der Waals surface area contributed by atoms with Gasteiger partial charge >= 0.3 is 0 Å². The minimum atomic E-state index is 0.0515. The molecular weight excluding hydrogens is 322 g/mol. The average Bonchev–Trinajstić information content (AvgIpc) is 2.82. The number of rotatable bonds is 7. The number of halogens is 1. The number of carbonyl (C=O) groups is 1. The smallest absolute Gasteiger partial charge is 0.272 e. The van der Waals surface area contributed by atoms with Gasteiger partial charge in [0.25, 0.3) is 5.91 Å². The molecule has 0 radical (unpaired) electrons. The van der Waals surface area contributed by atoms with Gasteiger partial charge in [0.1, 0.15) is 11.3 Å². The second kappa shape index (κ2) is 8.02. The Morgan fingerprint density at radius 2 is 1.83 bits per heavy atom. The molecule has 0 aromatic carbocycles. The van der Waals surface area contributed by atoms with Crippen LogP contribution in [0.4, 0.5) is 0 Å². The summed E-state index contributed by atoms with van der Waals surface area (Å²) in [6.07, 6.45) is 3.53. The second-order valence-electron chi connectivity index (χ2n) is 7.23. The van der Waals surface area contributed by atoms with Crippen LogP contribution in [-0.4, -0.2) is 33.3 Å². The number of pyridine rings is 1. The maximum Gasteiger partial charge on any atom is 0.272 e. The van der Waals surface area contributed by atoms with E-state index in [-0.39, 0.29) is 5.91 Å². The van der Waals surface area contributed by atoms with Crippen LogP contribution in [0.3, 0.4) is 0 Å². The number of amides is 1. The number of imidazole rings is 1. The molecule has 2 aromatic rings. The van der Waals surface area contributed by atoms with Gasteiger partial charge in [0, 0.05) is 19.3 Å². The number of hydrogen-bond donors (Lipinski definition) is 0. The number of aryl methyl sites for hydroxylation is 1. The van der Waals surface area contributed by atoms with Gasteiger partial charge in [-0.05, 0) is 30.4 Å². The van der Waals surface area contributed by atoms with Crippen molar-refractivity contribution in [3.05, 3.63) is 34.7 Å². The van der Waals surface area contributed by atoms with Crippen LogP contribution >= 0.6 is 11.6 Å². The molecule has 2 heterocycles. The van der Waals surface area contributed by atoms with Crippen LogP contribution < -0.4 is 0 Å². The lowest BCUT2D eigenvalue weighted by Gasteiger charge is -2.26. The lowest BCUT2D eigenvalue weighted by atomic mass is 10.1. The predicted molar refractivity (Wildman–Crippen MR) is 99.8 cm³/mol. The van der Waals surface area contributed by atoms with Gasteiger partial charge in [0.15, 0.2) is 0 Å². The first-order valence-corrected chi connectivity index (χ1v) is 9.17. The normalized spacial score (nSPS) is 11.7. The largest absolute Gasteiger partial charge is 0.337 e. The van der Waals surface area contributed by atoms with Crippen molar-refractivity contribution >= 4 is 23.2 Å². The molecular formula is C19H28ClN3O. The van der Waals surface area contributed by atoms with Crippen molar-refractivity contribution in [2.24, 2.45) is 11.8 Å². The van der Waals surface area contributed by atoms with E-state index in [0.29, 0.717) is 22.6 Å². The molecule has 0 aliphatic carbocycles. The van der Waals surface area contributed by atoms with Crippen LogP contribution in [0.1, 0.15) is 57.2 Å². The van der Waals surface area contributed by atoms with E-state index in [1.54, 1.807) is 6.20 Å². The molecule has 0 saturated carbocycles. The van der Waals surface area contributed by atoms with Crippen LogP contribution in [0.15, 0.2) is 18.3 Å².